The molecule has 0 radical (unpaired) electrons. The van der Waals surface area contributed by atoms with Crippen molar-refractivity contribution >= 4 is 50.5 Å². The van der Waals surface area contributed by atoms with Crippen LogP contribution in [0.5, 0.6) is 0 Å². The Balaban J connectivity index is 1.87. The van der Waals surface area contributed by atoms with Crippen molar-refractivity contribution in [2.45, 2.75) is 20.8 Å². The van der Waals surface area contributed by atoms with Gasteiger partial charge in [-0.3, -0.25) is 4.79 Å². The van der Waals surface area contributed by atoms with Gasteiger partial charge in [0.1, 0.15) is 5.01 Å². The average Bonchev–Trinajstić information content (AvgIpc) is 3.00. The average molecular weight is 370 g/mol. The molecule has 3 rings (SSSR count). The number of fused-ring (bicyclic) bond motifs is 1. The van der Waals surface area contributed by atoms with Crippen LogP contribution in [0.3, 0.4) is 0 Å². The van der Waals surface area contributed by atoms with Crippen LogP contribution in [-0.4, -0.2) is 16.0 Å². The number of carbonyl (C=O) groups is 1. The van der Waals surface area contributed by atoms with E-state index >= 15 is 0 Å². The van der Waals surface area contributed by atoms with E-state index in [1.54, 1.807) is 11.3 Å². The fourth-order valence-corrected chi connectivity index (χ4v) is 3.66. The first-order chi connectivity index (χ1) is 12.0. The second-order valence-corrected chi connectivity index (χ2v) is 7.50. The molecule has 0 saturated heterocycles. The fourth-order valence-electron chi connectivity index (χ4n) is 2.40. The summed E-state index contributed by atoms with van der Waals surface area (Å²) in [5.41, 5.74) is 3.97. The second kappa shape index (κ2) is 7.29. The van der Waals surface area contributed by atoms with Gasteiger partial charge in [0.25, 0.3) is 0 Å². The van der Waals surface area contributed by atoms with Crippen molar-refractivity contribution < 1.29 is 4.79 Å². The van der Waals surface area contributed by atoms with Crippen molar-refractivity contribution in [1.82, 2.24) is 10.3 Å². The zero-order valence-electron chi connectivity index (χ0n) is 14.3. The zero-order valence-corrected chi connectivity index (χ0v) is 15.9. The minimum Gasteiger partial charge on any atom is -0.332 e. The van der Waals surface area contributed by atoms with Crippen molar-refractivity contribution in [3.63, 3.8) is 0 Å². The molecule has 128 valence electrons. The van der Waals surface area contributed by atoms with Crippen LogP contribution in [0.15, 0.2) is 42.5 Å². The van der Waals surface area contributed by atoms with E-state index < -0.39 is 0 Å². The lowest BCUT2D eigenvalue weighted by atomic mass is 10.1. The van der Waals surface area contributed by atoms with Gasteiger partial charge in [-0.2, -0.15) is 0 Å². The van der Waals surface area contributed by atoms with Crippen molar-refractivity contribution in [2.24, 2.45) is 5.92 Å². The van der Waals surface area contributed by atoms with Crippen LogP contribution in [0.25, 0.3) is 20.8 Å². The van der Waals surface area contributed by atoms with E-state index in [-0.39, 0.29) is 11.8 Å². The Bertz CT molecular complexity index is 914. The normalized spacial score (nSPS) is 10.9. The number of thiazole rings is 1. The third-order valence-electron chi connectivity index (χ3n) is 3.87. The monoisotopic (exact) mass is 369 g/mol. The zero-order chi connectivity index (χ0) is 18.0. The van der Waals surface area contributed by atoms with Gasteiger partial charge in [0.15, 0.2) is 5.11 Å². The summed E-state index contributed by atoms with van der Waals surface area (Å²) in [6.45, 7) is 5.69. The van der Waals surface area contributed by atoms with Gasteiger partial charge in [-0.1, -0.05) is 38.1 Å². The molecule has 0 aliphatic carbocycles. The van der Waals surface area contributed by atoms with Crippen LogP contribution in [0, 0.1) is 12.8 Å². The van der Waals surface area contributed by atoms with E-state index in [0.717, 1.165) is 32.0 Å². The fraction of sp³-hybridized carbons (Fsp3) is 0.211. The van der Waals surface area contributed by atoms with Gasteiger partial charge >= 0.3 is 0 Å². The number of hydrogen-bond donors (Lipinski definition) is 2. The number of thiocarbonyl (C=S) groups is 1. The highest BCUT2D eigenvalue weighted by Gasteiger charge is 2.13. The van der Waals surface area contributed by atoms with E-state index in [4.69, 9.17) is 17.2 Å². The summed E-state index contributed by atoms with van der Waals surface area (Å²) in [4.78, 5) is 16.5. The molecular weight excluding hydrogens is 350 g/mol. The van der Waals surface area contributed by atoms with Crippen molar-refractivity contribution in [1.29, 1.82) is 0 Å². The first-order valence-corrected chi connectivity index (χ1v) is 9.25. The number of amides is 1. The minimum absolute atomic E-state index is 0.0996. The van der Waals surface area contributed by atoms with E-state index in [0.29, 0.717) is 5.11 Å². The molecule has 2 N–H and O–H groups in total. The van der Waals surface area contributed by atoms with Gasteiger partial charge in [0.05, 0.1) is 10.2 Å². The molecule has 0 bridgehead atoms. The summed E-state index contributed by atoms with van der Waals surface area (Å²) in [6.07, 6.45) is 0. The minimum atomic E-state index is -0.116. The lowest BCUT2D eigenvalue weighted by Crippen LogP contribution is -2.36. The number of aromatic nitrogens is 1. The van der Waals surface area contributed by atoms with Gasteiger partial charge < -0.3 is 10.6 Å². The molecule has 0 atom stereocenters. The van der Waals surface area contributed by atoms with Crippen molar-refractivity contribution in [3.8, 4) is 10.6 Å². The molecule has 1 heterocycles. The van der Waals surface area contributed by atoms with Crippen LogP contribution in [0.1, 0.15) is 19.4 Å². The van der Waals surface area contributed by atoms with Crippen LogP contribution in [0.4, 0.5) is 5.69 Å². The summed E-state index contributed by atoms with van der Waals surface area (Å²) < 4.78 is 1.16. The second-order valence-electron chi connectivity index (χ2n) is 6.06. The number of benzene rings is 2. The lowest BCUT2D eigenvalue weighted by Gasteiger charge is -2.14. The Morgan fingerprint density at radius 1 is 1.16 bits per heavy atom. The number of nitrogens with one attached hydrogen (secondary N) is 2. The van der Waals surface area contributed by atoms with E-state index in [2.05, 4.69) is 16.7 Å². The maximum atomic E-state index is 11.8. The van der Waals surface area contributed by atoms with Crippen molar-refractivity contribution in [2.75, 3.05) is 5.32 Å². The van der Waals surface area contributed by atoms with Crippen LogP contribution in [-0.2, 0) is 4.79 Å². The standard InChI is InChI=1S/C19H19N3OS2/c1-11(2)17(23)22-19(24)21-14-9-6-7-13(12(14)3)18-20-15-8-4-5-10-16(15)25-18/h4-11H,1-3H3,(H2,21,22,23,24). The van der Waals surface area contributed by atoms with E-state index in [1.165, 1.54) is 0 Å². The Hall–Kier alpha value is -2.31. The van der Waals surface area contributed by atoms with Crippen molar-refractivity contribution in [3.05, 3.63) is 48.0 Å². The number of nitrogens with zero attached hydrogens (tertiary/aromatic N) is 1. The Morgan fingerprint density at radius 3 is 2.64 bits per heavy atom. The smallest absolute Gasteiger partial charge is 0.228 e. The van der Waals surface area contributed by atoms with Crippen LogP contribution >= 0.6 is 23.6 Å². The molecule has 0 unspecified atom stereocenters. The molecule has 4 nitrogen and oxygen atoms in total. The molecule has 1 aromatic heterocycles. The number of anilines is 1. The molecule has 25 heavy (non-hydrogen) atoms. The number of hydrogen-bond acceptors (Lipinski definition) is 4. The number of para-hydroxylation sites is 1. The molecule has 1 amide bonds. The summed E-state index contributed by atoms with van der Waals surface area (Å²) in [5, 5.41) is 7.10. The SMILES string of the molecule is Cc1c(NC(=S)NC(=O)C(C)C)cccc1-c1nc2ccccc2s1. The highest BCUT2D eigenvalue weighted by atomic mass is 32.1. The molecule has 0 spiro atoms. The molecule has 6 heteroatoms. The molecule has 0 aliphatic rings. The largest absolute Gasteiger partial charge is 0.332 e. The maximum absolute atomic E-state index is 11.8. The molecule has 0 saturated carbocycles. The molecular formula is C19H19N3OS2. The van der Waals surface area contributed by atoms with Crippen LogP contribution in [0.2, 0.25) is 0 Å². The Labute approximate surface area is 156 Å². The number of carbonyl (C=O) groups excluding carboxylic acids is 1. The van der Waals surface area contributed by atoms with Crippen LogP contribution < -0.4 is 10.6 Å². The first-order valence-electron chi connectivity index (χ1n) is 8.03. The van der Waals surface area contributed by atoms with E-state index in [9.17, 15) is 4.79 Å². The quantitative estimate of drug-likeness (QED) is 0.655. The number of rotatable bonds is 3. The highest BCUT2D eigenvalue weighted by molar-refractivity contribution is 7.80. The van der Waals surface area contributed by atoms with Gasteiger partial charge in [0, 0.05) is 17.2 Å². The Morgan fingerprint density at radius 2 is 1.92 bits per heavy atom. The summed E-state index contributed by atoms with van der Waals surface area (Å²) in [6, 6.07) is 14.1. The summed E-state index contributed by atoms with van der Waals surface area (Å²) in [7, 11) is 0. The Kier molecular flexibility index (Phi) is 5.11. The summed E-state index contributed by atoms with van der Waals surface area (Å²) >= 11 is 6.91. The van der Waals surface area contributed by atoms with Gasteiger partial charge in [-0.25, -0.2) is 4.98 Å². The lowest BCUT2D eigenvalue weighted by molar-refractivity contribution is -0.122. The third kappa shape index (κ3) is 3.86. The highest BCUT2D eigenvalue weighted by Crippen LogP contribution is 2.34. The summed E-state index contributed by atoms with van der Waals surface area (Å²) in [5.74, 6) is -0.215. The predicted molar refractivity (Wildman–Crippen MR) is 109 cm³/mol. The van der Waals surface area contributed by atoms with Gasteiger partial charge in [-0.15, -0.1) is 11.3 Å². The predicted octanol–water partition coefficient (Wildman–Crippen LogP) is 4.74. The molecule has 0 aliphatic heterocycles. The first kappa shape index (κ1) is 17.5. The maximum Gasteiger partial charge on any atom is 0.228 e. The third-order valence-corrected chi connectivity index (χ3v) is 5.14. The molecule has 3 aromatic rings. The molecule has 0 fully saturated rings. The van der Waals surface area contributed by atoms with Gasteiger partial charge in [-0.05, 0) is 42.9 Å². The topological polar surface area (TPSA) is 54.0 Å². The van der Waals surface area contributed by atoms with E-state index in [1.807, 2.05) is 57.2 Å². The van der Waals surface area contributed by atoms with Gasteiger partial charge in [0.2, 0.25) is 5.91 Å². The molecule has 2 aromatic carbocycles.